The molecule has 1 aliphatic rings. The quantitative estimate of drug-likeness (QED) is 0.327. The van der Waals surface area contributed by atoms with Crippen molar-refractivity contribution in [1.29, 1.82) is 0 Å². The molecule has 1 aromatic carbocycles. The lowest BCUT2D eigenvalue weighted by Crippen LogP contribution is -2.50. The van der Waals surface area contributed by atoms with E-state index in [0.717, 1.165) is 20.5 Å². The Labute approximate surface area is 228 Å². The molecule has 3 aromatic rings. The maximum atomic E-state index is 13.1. The highest BCUT2D eigenvalue weighted by atomic mass is 79.9. The van der Waals surface area contributed by atoms with E-state index in [1.807, 2.05) is 42.3 Å². The van der Waals surface area contributed by atoms with Crippen LogP contribution in [0.25, 0.3) is 11.4 Å². The normalized spacial score (nSPS) is 15.1. The second kappa shape index (κ2) is 11.2. The molecule has 0 saturated carbocycles. The molecule has 1 atom stereocenters. The van der Waals surface area contributed by atoms with Gasteiger partial charge in [0.2, 0.25) is 0 Å². The summed E-state index contributed by atoms with van der Waals surface area (Å²) < 4.78 is 5.98. The second-order valence-corrected chi connectivity index (χ2v) is 12.2. The van der Waals surface area contributed by atoms with Crippen LogP contribution in [-0.2, 0) is 26.2 Å². The van der Waals surface area contributed by atoms with Gasteiger partial charge in [0.1, 0.15) is 6.04 Å². The molecule has 10 heteroatoms. The van der Waals surface area contributed by atoms with Crippen molar-refractivity contribution in [1.82, 2.24) is 20.2 Å². The zero-order chi connectivity index (χ0) is 26.7. The van der Waals surface area contributed by atoms with Gasteiger partial charge in [-0.1, -0.05) is 45.0 Å². The summed E-state index contributed by atoms with van der Waals surface area (Å²) in [4.78, 5) is 50.7. The van der Waals surface area contributed by atoms with Gasteiger partial charge in [0.15, 0.2) is 5.82 Å². The first-order valence-corrected chi connectivity index (χ1v) is 13.5. The highest BCUT2D eigenvalue weighted by Gasteiger charge is 2.35. The molecule has 3 heterocycles. The summed E-state index contributed by atoms with van der Waals surface area (Å²) in [5.41, 5.74) is 1.52. The number of benzene rings is 1. The highest BCUT2D eigenvalue weighted by molar-refractivity contribution is 9.10. The fourth-order valence-electron chi connectivity index (χ4n) is 3.87. The molecule has 1 amide bonds. The van der Waals surface area contributed by atoms with E-state index < -0.39 is 18.0 Å². The van der Waals surface area contributed by atoms with Crippen LogP contribution in [0.15, 0.2) is 53.3 Å². The molecule has 2 aromatic heterocycles. The molecule has 1 unspecified atom stereocenters. The molecular weight excluding hydrogens is 556 g/mol. The van der Waals surface area contributed by atoms with E-state index in [1.54, 1.807) is 18.5 Å². The molecule has 194 valence electrons. The first kappa shape index (κ1) is 27.1. The zero-order valence-electron chi connectivity index (χ0n) is 21.2. The smallest absolute Gasteiger partial charge is 0.336 e. The monoisotopic (exact) mass is 584 g/mol. The summed E-state index contributed by atoms with van der Waals surface area (Å²) in [6.07, 6.45) is 3.51. The molecule has 1 saturated heterocycles. The van der Waals surface area contributed by atoms with Gasteiger partial charge in [-0.25, -0.2) is 14.8 Å². The third kappa shape index (κ3) is 6.88. The van der Waals surface area contributed by atoms with Crippen molar-refractivity contribution in [2.75, 3.05) is 20.1 Å². The third-order valence-electron chi connectivity index (χ3n) is 6.03. The summed E-state index contributed by atoms with van der Waals surface area (Å²) in [5.74, 6) is -1.46. The van der Waals surface area contributed by atoms with Crippen LogP contribution in [0.2, 0.25) is 0 Å². The SMILES string of the molecule is CN1CC(C(=O)OC(=O)C(Cc2ccc(-c3ncc(Br)cn3)cc2)NC(=O)c2ccc(C(C)(C)C)s2)C1. The first-order chi connectivity index (χ1) is 17.5. The van der Waals surface area contributed by atoms with Gasteiger partial charge in [-0.2, -0.15) is 0 Å². The minimum Gasteiger partial charge on any atom is -0.391 e. The van der Waals surface area contributed by atoms with Gasteiger partial charge in [-0.3, -0.25) is 9.59 Å². The van der Waals surface area contributed by atoms with E-state index in [-0.39, 0.29) is 23.7 Å². The minimum atomic E-state index is -1.02. The standard InChI is InChI=1S/C27H29BrN4O4S/c1-27(2,3)22-10-9-21(37-22)24(33)31-20(26(35)36-25(34)18-14-32(4)15-18)11-16-5-7-17(8-6-16)23-29-12-19(28)13-30-23/h5-10,12-13,18,20H,11,14-15H2,1-4H3,(H,31,33). The molecule has 8 nitrogen and oxygen atoms in total. The molecule has 0 spiro atoms. The van der Waals surface area contributed by atoms with Crippen LogP contribution in [-0.4, -0.2) is 58.9 Å². The molecule has 0 bridgehead atoms. The molecule has 1 N–H and O–H groups in total. The van der Waals surface area contributed by atoms with Crippen molar-refractivity contribution >= 4 is 45.1 Å². The van der Waals surface area contributed by atoms with Gasteiger partial charge in [0.05, 0.1) is 15.3 Å². The van der Waals surface area contributed by atoms with Crippen molar-refractivity contribution < 1.29 is 19.1 Å². The van der Waals surface area contributed by atoms with E-state index in [9.17, 15) is 14.4 Å². The number of thiophene rings is 1. The fourth-order valence-corrected chi connectivity index (χ4v) is 5.05. The van der Waals surface area contributed by atoms with E-state index >= 15 is 0 Å². The average Bonchev–Trinajstić information content (AvgIpc) is 3.34. The molecular formula is C27H29BrN4O4S. The first-order valence-electron chi connectivity index (χ1n) is 11.9. The number of esters is 2. The summed E-state index contributed by atoms with van der Waals surface area (Å²) in [7, 11) is 1.89. The Kier molecular flexibility index (Phi) is 8.20. The van der Waals surface area contributed by atoms with E-state index in [4.69, 9.17) is 4.74 Å². The van der Waals surface area contributed by atoms with E-state index in [0.29, 0.717) is 23.8 Å². The molecule has 0 radical (unpaired) electrons. The zero-order valence-corrected chi connectivity index (χ0v) is 23.6. The lowest BCUT2D eigenvalue weighted by molar-refractivity contribution is -0.167. The Balaban J connectivity index is 1.50. The Bertz CT molecular complexity index is 1280. The summed E-state index contributed by atoms with van der Waals surface area (Å²) >= 11 is 4.71. The minimum absolute atomic E-state index is 0.0931. The number of hydrogen-bond donors (Lipinski definition) is 1. The number of likely N-dealkylation sites (tertiary alicyclic amines) is 1. The number of amides is 1. The number of nitrogens with zero attached hydrogens (tertiary/aromatic N) is 3. The Morgan fingerprint density at radius 2 is 1.76 bits per heavy atom. The summed E-state index contributed by atoms with van der Waals surface area (Å²) in [6.45, 7) is 7.33. The maximum Gasteiger partial charge on any atom is 0.336 e. The number of carbonyl (C=O) groups is 3. The Hall–Kier alpha value is -2.95. The number of hydrogen-bond acceptors (Lipinski definition) is 8. The van der Waals surface area contributed by atoms with Crippen LogP contribution >= 0.6 is 27.3 Å². The van der Waals surface area contributed by atoms with Crippen molar-refractivity contribution in [2.45, 2.75) is 38.6 Å². The van der Waals surface area contributed by atoms with Crippen molar-refractivity contribution in [3.8, 4) is 11.4 Å². The van der Waals surface area contributed by atoms with Gasteiger partial charge in [0.25, 0.3) is 5.91 Å². The second-order valence-electron chi connectivity index (χ2n) is 10.2. The molecule has 37 heavy (non-hydrogen) atoms. The lowest BCUT2D eigenvalue weighted by atomic mass is 9.95. The summed E-state index contributed by atoms with van der Waals surface area (Å²) in [6, 6.07) is 10.1. The third-order valence-corrected chi connectivity index (χ3v) is 7.95. The number of rotatable bonds is 7. The molecule has 1 fully saturated rings. The molecule has 0 aliphatic carbocycles. The van der Waals surface area contributed by atoms with Crippen LogP contribution in [0, 0.1) is 5.92 Å². The fraction of sp³-hybridized carbons (Fsp3) is 0.370. The maximum absolute atomic E-state index is 13.1. The topological polar surface area (TPSA) is 101 Å². The molecule has 1 aliphatic heterocycles. The molecule has 4 rings (SSSR count). The highest BCUT2D eigenvalue weighted by Crippen LogP contribution is 2.29. The van der Waals surface area contributed by atoms with Crippen LogP contribution in [0.4, 0.5) is 0 Å². The average molecular weight is 586 g/mol. The Morgan fingerprint density at radius 3 is 2.32 bits per heavy atom. The van der Waals surface area contributed by atoms with E-state index in [1.165, 1.54) is 11.3 Å². The van der Waals surface area contributed by atoms with Gasteiger partial charge in [-0.05, 0) is 46.1 Å². The van der Waals surface area contributed by atoms with Crippen LogP contribution in [0.3, 0.4) is 0 Å². The number of aromatic nitrogens is 2. The van der Waals surface area contributed by atoms with Crippen LogP contribution in [0.5, 0.6) is 0 Å². The van der Waals surface area contributed by atoms with E-state index in [2.05, 4.69) is 52.0 Å². The number of carbonyl (C=O) groups excluding carboxylic acids is 3. The number of halogens is 1. The summed E-state index contributed by atoms with van der Waals surface area (Å²) in [5, 5.41) is 2.79. The predicted molar refractivity (Wildman–Crippen MR) is 145 cm³/mol. The van der Waals surface area contributed by atoms with Crippen LogP contribution < -0.4 is 5.32 Å². The number of ether oxygens (including phenoxy) is 1. The van der Waals surface area contributed by atoms with Gasteiger partial charge in [-0.15, -0.1) is 11.3 Å². The lowest BCUT2D eigenvalue weighted by Gasteiger charge is -2.34. The largest absolute Gasteiger partial charge is 0.391 e. The van der Waals surface area contributed by atoms with Gasteiger partial charge in [0, 0.05) is 42.3 Å². The van der Waals surface area contributed by atoms with Crippen molar-refractivity contribution in [2.24, 2.45) is 5.92 Å². The Morgan fingerprint density at radius 1 is 1.11 bits per heavy atom. The number of nitrogens with one attached hydrogen (secondary N) is 1. The van der Waals surface area contributed by atoms with Crippen molar-refractivity contribution in [3.05, 3.63) is 68.6 Å². The predicted octanol–water partition coefficient (Wildman–Crippen LogP) is 4.24. The van der Waals surface area contributed by atoms with Gasteiger partial charge < -0.3 is 15.0 Å². The van der Waals surface area contributed by atoms with Crippen molar-refractivity contribution in [3.63, 3.8) is 0 Å². The van der Waals surface area contributed by atoms with Gasteiger partial charge >= 0.3 is 11.9 Å². The van der Waals surface area contributed by atoms with Crippen LogP contribution in [0.1, 0.15) is 40.9 Å².